The largest absolute Gasteiger partial charge is 0.358 e. The Hall–Kier alpha value is -2.21. The smallest absolute Gasteiger partial charge is 0.268 e. The Kier molecular flexibility index (Phi) is 4.17. The highest BCUT2D eigenvalue weighted by Crippen LogP contribution is 2.42. The van der Waals surface area contributed by atoms with Gasteiger partial charge in [-0.2, -0.15) is 4.99 Å². The van der Waals surface area contributed by atoms with E-state index in [4.69, 9.17) is 0 Å². The number of pyridine rings is 1. The van der Waals surface area contributed by atoms with Crippen LogP contribution in [0.2, 0.25) is 0 Å². The molecule has 0 radical (unpaired) electrons. The summed E-state index contributed by atoms with van der Waals surface area (Å²) < 4.78 is 12.3. The number of amidine groups is 1. The van der Waals surface area contributed by atoms with Crippen LogP contribution in [0.4, 0.5) is 4.39 Å². The number of benzene rings is 1. The third kappa shape index (κ3) is 3.12. The van der Waals surface area contributed by atoms with Gasteiger partial charge in [-0.3, -0.25) is 9.78 Å². The standard InChI is InChI=1S/C17H16FN3OS/c1-11(12-3-5-14(18)6-4-12)20-16-21-15(22)17(2,23-16)13-7-9-19-10-8-13/h3-11H,1-2H3,(H,20,21,22)/t11-,17?/m0/s1. The lowest BCUT2D eigenvalue weighted by Crippen LogP contribution is -2.26. The van der Waals surface area contributed by atoms with Gasteiger partial charge >= 0.3 is 0 Å². The van der Waals surface area contributed by atoms with Crippen molar-refractivity contribution in [1.29, 1.82) is 0 Å². The zero-order valence-corrected chi connectivity index (χ0v) is 13.6. The fourth-order valence-corrected chi connectivity index (χ4v) is 3.53. The number of hydrogen-bond acceptors (Lipinski definition) is 4. The topological polar surface area (TPSA) is 54.4 Å². The number of nitrogens with one attached hydrogen (secondary N) is 1. The Morgan fingerprint density at radius 1 is 1.17 bits per heavy atom. The summed E-state index contributed by atoms with van der Waals surface area (Å²) in [5.41, 5.74) is 1.80. The number of carbonyl (C=O) groups excluding carboxylic acids is 1. The fourth-order valence-electron chi connectivity index (χ4n) is 2.39. The van der Waals surface area contributed by atoms with E-state index >= 15 is 0 Å². The van der Waals surface area contributed by atoms with Gasteiger partial charge in [0.2, 0.25) is 0 Å². The minimum absolute atomic E-state index is 0.0746. The molecule has 0 bridgehead atoms. The molecule has 0 fully saturated rings. The Labute approximate surface area is 138 Å². The Morgan fingerprint density at radius 2 is 1.83 bits per heavy atom. The summed E-state index contributed by atoms with van der Waals surface area (Å²) in [7, 11) is 0. The van der Waals surface area contributed by atoms with Crippen molar-refractivity contribution in [2.75, 3.05) is 0 Å². The van der Waals surface area contributed by atoms with Crippen molar-refractivity contribution < 1.29 is 9.18 Å². The lowest BCUT2D eigenvalue weighted by molar-refractivity contribution is -0.119. The first-order valence-corrected chi connectivity index (χ1v) is 8.05. The molecular formula is C17H16FN3OS. The zero-order valence-electron chi connectivity index (χ0n) is 12.8. The molecule has 0 saturated heterocycles. The van der Waals surface area contributed by atoms with E-state index in [1.165, 1.54) is 23.9 Å². The molecule has 23 heavy (non-hydrogen) atoms. The predicted octanol–water partition coefficient (Wildman–Crippen LogP) is 3.42. The van der Waals surface area contributed by atoms with Crippen molar-refractivity contribution in [2.45, 2.75) is 24.6 Å². The first-order valence-electron chi connectivity index (χ1n) is 7.24. The van der Waals surface area contributed by atoms with Crippen molar-refractivity contribution in [3.8, 4) is 0 Å². The monoisotopic (exact) mass is 329 g/mol. The van der Waals surface area contributed by atoms with Gasteiger partial charge in [0, 0.05) is 12.4 Å². The van der Waals surface area contributed by atoms with E-state index in [2.05, 4.69) is 15.3 Å². The van der Waals surface area contributed by atoms with Crippen LogP contribution in [0, 0.1) is 5.82 Å². The van der Waals surface area contributed by atoms with Crippen molar-refractivity contribution in [2.24, 2.45) is 4.99 Å². The maximum absolute atomic E-state index is 13.0. The number of amides is 1. The highest BCUT2D eigenvalue weighted by molar-refractivity contribution is 8.15. The molecule has 0 aliphatic carbocycles. The van der Waals surface area contributed by atoms with Crippen molar-refractivity contribution in [3.63, 3.8) is 0 Å². The first kappa shape index (κ1) is 15.7. The van der Waals surface area contributed by atoms with Crippen LogP contribution in [0.1, 0.15) is 31.0 Å². The average molecular weight is 329 g/mol. The lowest BCUT2D eigenvalue weighted by atomic mass is 10.0. The lowest BCUT2D eigenvalue weighted by Gasteiger charge is -2.21. The molecule has 2 aromatic rings. The van der Waals surface area contributed by atoms with Crippen LogP contribution in [0.15, 0.2) is 53.8 Å². The number of aliphatic imine (C=N–C) groups is 1. The van der Waals surface area contributed by atoms with Gasteiger partial charge in [-0.1, -0.05) is 23.9 Å². The van der Waals surface area contributed by atoms with Crippen molar-refractivity contribution >= 4 is 22.8 Å². The molecule has 1 N–H and O–H groups in total. The summed E-state index contributed by atoms with van der Waals surface area (Å²) in [6.45, 7) is 3.80. The third-order valence-electron chi connectivity index (χ3n) is 3.85. The molecule has 1 amide bonds. The van der Waals surface area contributed by atoms with Crippen molar-refractivity contribution in [1.82, 2.24) is 10.3 Å². The zero-order chi connectivity index (χ0) is 16.4. The second-order valence-corrected chi connectivity index (χ2v) is 6.92. The summed E-state index contributed by atoms with van der Waals surface area (Å²) in [6.07, 6.45) is 3.34. The molecule has 4 nitrogen and oxygen atoms in total. The number of rotatable bonds is 3. The van der Waals surface area contributed by atoms with Crippen LogP contribution in [0.3, 0.4) is 0 Å². The molecule has 1 aliphatic heterocycles. The minimum Gasteiger partial charge on any atom is -0.358 e. The maximum atomic E-state index is 13.0. The van der Waals surface area contributed by atoms with E-state index in [0.29, 0.717) is 5.17 Å². The predicted molar refractivity (Wildman–Crippen MR) is 89.6 cm³/mol. The number of thioether (sulfide) groups is 1. The Morgan fingerprint density at radius 3 is 2.48 bits per heavy atom. The van der Waals surface area contributed by atoms with E-state index in [9.17, 15) is 9.18 Å². The highest BCUT2D eigenvalue weighted by Gasteiger charge is 2.43. The van der Waals surface area contributed by atoms with Crippen LogP contribution < -0.4 is 5.32 Å². The van der Waals surface area contributed by atoms with E-state index in [-0.39, 0.29) is 17.8 Å². The van der Waals surface area contributed by atoms with Gasteiger partial charge in [-0.05, 0) is 49.2 Å². The number of aromatic nitrogens is 1. The molecule has 2 heterocycles. The van der Waals surface area contributed by atoms with Crippen LogP contribution in [-0.4, -0.2) is 16.1 Å². The van der Waals surface area contributed by atoms with Gasteiger partial charge in [-0.25, -0.2) is 4.39 Å². The second-order valence-electron chi connectivity index (χ2n) is 5.51. The molecule has 1 aromatic heterocycles. The van der Waals surface area contributed by atoms with Gasteiger partial charge in [0.25, 0.3) is 5.91 Å². The highest BCUT2D eigenvalue weighted by atomic mass is 32.2. The summed E-state index contributed by atoms with van der Waals surface area (Å²) in [5.74, 6) is -0.462. The Bertz CT molecular complexity index is 748. The number of carbonyl (C=O) groups is 1. The molecule has 6 heteroatoms. The van der Waals surface area contributed by atoms with Gasteiger partial charge in [0.1, 0.15) is 10.6 Å². The molecular weight excluding hydrogens is 313 g/mol. The van der Waals surface area contributed by atoms with Crippen LogP contribution in [0.25, 0.3) is 0 Å². The van der Waals surface area contributed by atoms with E-state index in [1.807, 2.05) is 26.0 Å². The summed E-state index contributed by atoms with van der Waals surface area (Å²) in [5, 5.41) is 3.80. The number of hydrogen-bond donors (Lipinski definition) is 1. The fraction of sp³-hybridized carbons (Fsp3) is 0.235. The molecule has 0 spiro atoms. The van der Waals surface area contributed by atoms with Gasteiger partial charge in [-0.15, -0.1) is 0 Å². The summed E-state index contributed by atoms with van der Waals surface area (Å²) in [6, 6.07) is 9.86. The van der Waals surface area contributed by atoms with E-state index in [0.717, 1.165) is 11.1 Å². The molecule has 1 unspecified atom stereocenters. The molecule has 1 aliphatic rings. The second kappa shape index (κ2) is 6.12. The first-order chi connectivity index (χ1) is 11.0. The molecule has 1 aromatic carbocycles. The molecule has 3 rings (SSSR count). The van der Waals surface area contributed by atoms with E-state index < -0.39 is 4.75 Å². The minimum atomic E-state index is -0.742. The normalized spacial score (nSPS) is 21.9. The average Bonchev–Trinajstić information content (AvgIpc) is 2.84. The van der Waals surface area contributed by atoms with Crippen LogP contribution >= 0.6 is 11.8 Å². The maximum Gasteiger partial charge on any atom is 0.268 e. The SMILES string of the molecule is C[C@H](NC1=NC(=O)C(C)(c2ccncc2)S1)c1ccc(F)cc1. The molecule has 118 valence electrons. The number of nitrogens with zero attached hydrogens (tertiary/aromatic N) is 2. The van der Waals surface area contributed by atoms with Gasteiger partial charge in [0.05, 0.1) is 6.04 Å². The van der Waals surface area contributed by atoms with E-state index in [1.54, 1.807) is 24.5 Å². The number of halogens is 1. The van der Waals surface area contributed by atoms with Gasteiger partial charge in [0.15, 0.2) is 5.17 Å². The third-order valence-corrected chi connectivity index (χ3v) is 5.07. The Balaban J connectivity index is 1.74. The summed E-state index contributed by atoms with van der Waals surface area (Å²) >= 11 is 1.39. The quantitative estimate of drug-likeness (QED) is 0.937. The van der Waals surface area contributed by atoms with Crippen LogP contribution in [0.5, 0.6) is 0 Å². The van der Waals surface area contributed by atoms with Crippen molar-refractivity contribution in [3.05, 3.63) is 65.7 Å². The summed E-state index contributed by atoms with van der Waals surface area (Å²) in [4.78, 5) is 20.5. The molecule has 2 atom stereocenters. The van der Waals surface area contributed by atoms with Crippen LogP contribution in [-0.2, 0) is 9.54 Å². The molecule has 0 saturated carbocycles. The van der Waals surface area contributed by atoms with Gasteiger partial charge < -0.3 is 5.32 Å².